The van der Waals surface area contributed by atoms with Crippen molar-refractivity contribution in [3.8, 4) is 16.9 Å². The van der Waals surface area contributed by atoms with Gasteiger partial charge in [0.15, 0.2) is 0 Å². The number of rotatable bonds is 4. The van der Waals surface area contributed by atoms with Crippen LogP contribution in [0.1, 0.15) is 21.5 Å². The van der Waals surface area contributed by atoms with Gasteiger partial charge in [0, 0.05) is 6.54 Å². The molecule has 3 aromatic carbocycles. The summed E-state index contributed by atoms with van der Waals surface area (Å²) in [5.41, 5.74) is 2.62. The summed E-state index contributed by atoms with van der Waals surface area (Å²) in [6, 6.07) is 15.0. The van der Waals surface area contributed by atoms with Crippen LogP contribution in [0, 0.1) is 18.6 Å². The molecule has 0 heterocycles. The zero-order valence-corrected chi connectivity index (χ0v) is 14.1. The van der Waals surface area contributed by atoms with E-state index in [0.29, 0.717) is 22.3 Å². The lowest BCUT2D eigenvalue weighted by Gasteiger charge is -2.11. The smallest absolute Gasteiger partial charge is 0.254 e. The van der Waals surface area contributed by atoms with E-state index < -0.39 is 11.7 Å². The summed E-state index contributed by atoms with van der Waals surface area (Å²) in [6.07, 6.45) is 0. The number of phenolic OH excluding ortho intramolecular Hbond substituents is 1. The average molecular weight is 353 g/mol. The molecule has 0 aromatic heterocycles. The van der Waals surface area contributed by atoms with E-state index in [1.165, 1.54) is 36.4 Å². The first-order valence-electron chi connectivity index (χ1n) is 8.06. The van der Waals surface area contributed by atoms with Gasteiger partial charge in [0.1, 0.15) is 17.4 Å². The van der Waals surface area contributed by atoms with Crippen LogP contribution < -0.4 is 5.32 Å². The summed E-state index contributed by atoms with van der Waals surface area (Å²) >= 11 is 0. The minimum absolute atomic E-state index is 0.0879. The Morgan fingerprint density at radius 2 is 1.77 bits per heavy atom. The molecule has 0 radical (unpaired) electrons. The third-order valence-electron chi connectivity index (χ3n) is 4.08. The Morgan fingerprint density at radius 3 is 2.46 bits per heavy atom. The van der Waals surface area contributed by atoms with Crippen LogP contribution in [0.3, 0.4) is 0 Å². The van der Waals surface area contributed by atoms with Crippen LogP contribution in [0.4, 0.5) is 8.78 Å². The molecular formula is C21H17F2NO2. The summed E-state index contributed by atoms with van der Waals surface area (Å²) in [6.45, 7) is 1.89. The van der Waals surface area contributed by atoms with Gasteiger partial charge in [-0.15, -0.1) is 0 Å². The van der Waals surface area contributed by atoms with Crippen molar-refractivity contribution < 1.29 is 18.7 Å². The SMILES string of the molecule is Cc1cc(F)c(C(=O)NCc2cccc(O)c2)cc1-c1ccc(F)cc1. The average Bonchev–Trinajstić information content (AvgIpc) is 2.61. The first-order valence-corrected chi connectivity index (χ1v) is 8.06. The second kappa shape index (κ2) is 7.35. The maximum atomic E-state index is 14.3. The van der Waals surface area contributed by atoms with Crippen molar-refractivity contribution in [2.75, 3.05) is 0 Å². The van der Waals surface area contributed by atoms with E-state index in [4.69, 9.17) is 0 Å². The van der Waals surface area contributed by atoms with Crippen molar-refractivity contribution in [2.45, 2.75) is 13.5 Å². The van der Waals surface area contributed by atoms with Crippen molar-refractivity contribution in [3.05, 3.63) is 89.0 Å². The number of hydrogen-bond donors (Lipinski definition) is 2. The predicted molar refractivity (Wildman–Crippen MR) is 95.8 cm³/mol. The number of phenols is 1. The zero-order valence-electron chi connectivity index (χ0n) is 14.1. The maximum absolute atomic E-state index is 14.3. The number of carbonyl (C=O) groups excluding carboxylic acids is 1. The Balaban J connectivity index is 1.85. The number of amides is 1. The van der Waals surface area contributed by atoms with Crippen molar-refractivity contribution >= 4 is 5.91 Å². The van der Waals surface area contributed by atoms with Crippen molar-refractivity contribution in [1.29, 1.82) is 0 Å². The van der Waals surface area contributed by atoms with Crippen molar-refractivity contribution in [3.63, 3.8) is 0 Å². The third kappa shape index (κ3) is 3.88. The van der Waals surface area contributed by atoms with Gasteiger partial charge in [-0.1, -0.05) is 24.3 Å². The van der Waals surface area contributed by atoms with Crippen LogP contribution in [-0.4, -0.2) is 11.0 Å². The fraction of sp³-hybridized carbons (Fsp3) is 0.0952. The van der Waals surface area contributed by atoms with Crippen LogP contribution in [0.25, 0.3) is 11.1 Å². The fourth-order valence-electron chi connectivity index (χ4n) is 2.73. The monoisotopic (exact) mass is 353 g/mol. The lowest BCUT2D eigenvalue weighted by Crippen LogP contribution is -2.24. The van der Waals surface area contributed by atoms with E-state index in [1.54, 1.807) is 31.2 Å². The van der Waals surface area contributed by atoms with Crippen molar-refractivity contribution in [1.82, 2.24) is 5.32 Å². The van der Waals surface area contributed by atoms with Gasteiger partial charge in [-0.2, -0.15) is 0 Å². The number of benzene rings is 3. The van der Waals surface area contributed by atoms with Crippen LogP contribution in [0.15, 0.2) is 60.7 Å². The molecular weight excluding hydrogens is 336 g/mol. The van der Waals surface area contributed by atoms with Crippen LogP contribution in [0.2, 0.25) is 0 Å². The molecule has 0 aliphatic heterocycles. The number of nitrogens with one attached hydrogen (secondary N) is 1. The number of aromatic hydroxyl groups is 1. The molecule has 2 N–H and O–H groups in total. The van der Waals surface area contributed by atoms with Crippen LogP contribution >= 0.6 is 0 Å². The summed E-state index contributed by atoms with van der Waals surface area (Å²) in [4.78, 5) is 12.4. The summed E-state index contributed by atoms with van der Waals surface area (Å²) in [5.74, 6) is -1.45. The van der Waals surface area contributed by atoms with Crippen molar-refractivity contribution in [2.24, 2.45) is 0 Å². The van der Waals surface area contributed by atoms with E-state index in [2.05, 4.69) is 5.32 Å². The highest BCUT2D eigenvalue weighted by Gasteiger charge is 2.15. The van der Waals surface area contributed by atoms with Crippen LogP contribution in [-0.2, 0) is 6.54 Å². The summed E-state index contributed by atoms with van der Waals surface area (Å²) in [7, 11) is 0. The predicted octanol–water partition coefficient (Wildman–Crippen LogP) is 4.58. The normalized spacial score (nSPS) is 10.6. The minimum Gasteiger partial charge on any atom is -0.508 e. The van der Waals surface area contributed by atoms with E-state index in [1.807, 2.05) is 0 Å². The highest BCUT2D eigenvalue weighted by Crippen LogP contribution is 2.26. The summed E-state index contributed by atoms with van der Waals surface area (Å²) in [5, 5.41) is 12.1. The molecule has 3 rings (SSSR count). The molecule has 0 saturated heterocycles. The van der Waals surface area contributed by atoms with Gasteiger partial charge >= 0.3 is 0 Å². The third-order valence-corrected chi connectivity index (χ3v) is 4.08. The Bertz CT molecular complexity index is 953. The molecule has 0 aliphatic rings. The van der Waals surface area contributed by atoms with Gasteiger partial charge in [0.05, 0.1) is 5.56 Å². The second-order valence-corrected chi connectivity index (χ2v) is 6.01. The maximum Gasteiger partial charge on any atom is 0.254 e. The molecule has 132 valence electrons. The number of hydrogen-bond acceptors (Lipinski definition) is 2. The first-order chi connectivity index (χ1) is 12.4. The highest BCUT2D eigenvalue weighted by molar-refractivity contribution is 5.96. The van der Waals surface area contributed by atoms with E-state index in [9.17, 15) is 18.7 Å². The molecule has 26 heavy (non-hydrogen) atoms. The molecule has 1 amide bonds. The van der Waals surface area contributed by atoms with Gasteiger partial charge in [0.25, 0.3) is 5.91 Å². The van der Waals surface area contributed by atoms with Gasteiger partial charge in [0.2, 0.25) is 0 Å². The van der Waals surface area contributed by atoms with Gasteiger partial charge < -0.3 is 10.4 Å². The molecule has 0 atom stereocenters. The van der Waals surface area contributed by atoms with Gasteiger partial charge in [-0.05, 0) is 65.6 Å². The van der Waals surface area contributed by atoms with Crippen LogP contribution in [0.5, 0.6) is 5.75 Å². The minimum atomic E-state index is -0.623. The molecule has 3 nitrogen and oxygen atoms in total. The molecule has 0 saturated carbocycles. The van der Waals surface area contributed by atoms with E-state index in [-0.39, 0.29) is 23.7 Å². The molecule has 0 unspecified atom stereocenters. The zero-order chi connectivity index (χ0) is 18.7. The fourth-order valence-corrected chi connectivity index (χ4v) is 2.73. The number of aryl methyl sites for hydroxylation is 1. The van der Waals surface area contributed by atoms with Gasteiger partial charge in [-0.25, -0.2) is 8.78 Å². The lowest BCUT2D eigenvalue weighted by molar-refractivity contribution is 0.0947. The number of halogens is 2. The van der Waals surface area contributed by atoms with E-state index >= 15 is 0 Å². The Hall–Kier alpha value is -3.21. The lowest BCUT2D eigenvalue weighted by atomic mass is 9.97. The molecule has 0 fully saturated rings. The molecule has 0 aliphatic carbocycles. The second-order valence-electron chi connectivity index (χ2n) is 6.01. The Morgan fingerprint density at radius 1 is 1.04 bits per heavy atom. The molecule has 0 spiro atoms. The standard InChI is InChI=1S/C21H17F2NO2/c1-13-9-20(23)19(11-18(13)15-5-7-16(22)8-6-15)21(26)24-12-14-3-2-4-17(25)10-14/h2-11,25H,12H2,1H3,(H,24,26). The molecule has 3 aromatic rings. The highest BCUT2D eigenvalue weighted by atomic mass is 19.1. The molecule has 5 heteroatoms. The number of carbonyl (C=O) groups is 1. The Labute approximate surface area is 149 Å². The Kier molecular flexibility index (Phi) is 4.98. The van der Waals surface area contributed by atoms with E-state index in [0.717, 1.165) is 0 Å². The summed E-state index contributed by atoms with van der Waals surface area (Å²) < 4.78 is 27.4. The topological polar surface area (TPSA) is 49.3 Å². The largest absolute Gasteiger partial charge is 0.508 e. The quantitative estimate of drug-likeness (QED) is 0.721. The molecule has 0 bridgehead atoms. The van der Waals surface area contributed by atoms with Gasteiger partial charge in [-0.3, -0.25) is 4.79 Å². The first kappa shape index (κ1) is 17.6.